The quantitative estimate of drug-likeness (QED) is 0.791. The first kappa shape index (κ1) is 15.0. The monoisotopic (exact) mass is 350 g/mol. The minimum Gasteiger partial charge on any atom is -0.478 e. The first-order valence-electron chi connectivity index (χ1n) is 5.92. The van der Waals surface area contributed by atoms with Gasteiger partial charge in [0.1, 0.15) is 5.56 Å². The van der Waals surface area contributed by atoms with Crippen LogP contribution in [0.4, 0.5) is 5.69 Å². The van der Waals surface area contributed by atoms with Crippen molar-refractivity contribution in [3.63, 3.8) is 0 Å². The largest absolute Gasteiger partial charge is 0.478 e. The zero-order chi connectivity index (χ0) is 15.6. The molecule has 0 aliphatic heterocycles. The lowest BCUT2D eigenvalue weighted by Crippen LogP contribution is -2.21. The van der Waals surface area contributed by atoms with Crippen molar-refractivity contribution in [1.29, 1.82) is 0 Å². The number of anilines is 1. The van der Waals surface area contributed by atoms with E-state index in [1.54, 1.807) is 6.92 Å². The van der Waals surface area contributed by atoms with Crippen molar-refractivity contribution < 1.29 is 14.7 Å². The molecule has 0 spiro atoms. The van der Waals surface area contributed by atoms with Crippen LogP contribution in [0.15, 0.2) is 39.7 Å². The molecule has 1 heterocycles. The fourth-order valence-electron chi connectivity index (χ4n) is 1.72. The Balaban J connectivity index is 2.29. The number of carbonyl (C=O) groups is 2. The number of aromatic nitrogens is 1. The Hall–Kier alpha value is -2.41. The van der Waals surface area contributed by atoms with Crippen LogP contribution in [0.25, 0.3) is 0 Å². The van der Waals surface area contributed by atoms with Crippen molar-refractivity contribution in [2.45, 2.75) is 6.92 Å². The van der Waals surface area contributed by atoms with E-state index in [0.29, 0.717) is 15.9 Å². The van der Waals surface area contributed by atoms with Gasteiger partial charge in [0, 0.05) is 28.1 Å². The number of rotatable bonds is 3. The predicted octanol–water partition coefficient (Wildman–Crippen LogP) is 2.40. The van der Waals surface area contributed by atoms with Crippen molar-refractivity contribution in [3.05, 3.63) is 62.0 Å². The molecule has 1 aromatic carbocycles. The summed E-state index contributed by atoms with van der Waals surface area (Å²) in [5.41, 5.74) is 0.513. The molecule has 1 amide bonds. The summed E-state index contributed by atoms with van der Waals surface area (Å²) in [6, 6.07) is 5.68. The van der Waals surface area contributed by atoms with Crippen LogP contribution >= 0.6 is 15.9 Å². The average Bonchev–Trinajstić information content (AvgIpc) is 2.40. The molecule has 108 valence electrons. The molecule has 0 saturated carbocycles. The Bertz CT molecular complexity index is 783. The van der Waals surface area contributed by atoms with Crippen LogP contribution in [0.1, 0.15) is 26.4 Å². The second-order valence-electron chi connectivity index (χ2n) is 4.35. The predicted molar refractivity (Wildman–Crippen MR) is 80.9 cm³/mol. The summed E-state index contributed by atoms with van der Waals surface area (Å²) < 4.78 is 0.404. The van der Waals surface area contributed by atoms with Gasteiger partial charge in [0.2, 0.25) is 0 Å². The Morgan fingerprint density at radius 1 is 1.24 bits per heavy atom. The molecule has 3 N–H and O–H groups in total. The van der Waals surface area contributed by atoms with Gasteiger partial charge in [-0.25, -0.2) is 4.79 Å². The minimum absolute atomic E-state index is 0.0191. The first-order valence-corrected chi connectivity index (χ1v) is 6.71. The molecule has 0 radical (unpaired) electrons. The fraction of sp³-hybridized carbons (Fsp3) is 0.0714. The number of pyridine rings is 1. The van der Waals surface area contributed by atoms with E-state index < -0.39 is 17.3 Å². The van der Waals surface area contributed by atoms with Gasteiger partial charge in [-0.2, -0.15) is 0 Å². The van der Waals surface area contributed by atoms with E-state index in [1.807, 2.05) is 0 Å². The highest BCUT2D eigenvalue weighted by Crippen LogP contribution is 2.21. The molecule has 1 aromatic heterocycles. The van der Waals surface area contributed by atoms with Gasteiger partial charge in [-0.15, -0.1) is 0 Å². The molecular formula is C14H11BrN2O4. The van der Waals surface area contributed by atoms with Gasteiger partial charge in [0.25, 0.3) is 5.91 Å². The highest BCUT2D eigenvalue weighted by Gasteiger charge is 2.13. The number of amides is 1. The summed E-state index contributed by atoms with van der Waals surface area (Å²) in [5, 5.41) is 11.5. The Morgan fingerprint density at radius 2 is 1.95 bits per heavy atom. The topological polar surface area (TPSA) is 99.3 Å². The van der Waals surface area contributed by atoms with Gasteiger partial charge < -0.3 is 15.4 Å². The van der Waals surface area contributed by atoms with E-state index in [0.717, 1.165) is 0 Å². The van der Waals surface area contributed by atoms with Crippen LogP contribution in [-0.4, -0.2) is 22.0 Å². The van der Waals surface area contributed by atoms with Crippen LogP contribution in [0.3, 0.4) is 0 Å². The first-order chi connectivity index (χ1) is 9.88. The maximum atomic E-state index is 12.0. The number of nitrogens with one attached hydrogen (secondary N) is 2. The molecule has 7 heteroatoms. The second-order valence-corrected chi connectivity index (χ2v) is 5.20. The number of H-pyrrole nitrogens is 1. The third kappa shape index (κ3) is 3.38. The molecule has 0 saturated heterocycles. The number of hydrogen-bond acceptors (Lipinski definition) is 3. The summed E-state index contributed by atoms with van der Waals surface area (Å²) in [6.45, 7) is 1.71. The number of carboxylic acid groups (broad SMARTS) is 1. The third-order valence-electron chi connectivity index (χ3n) is 2.76. The Labute approximate surface area is 127 Å². The molecule has 0 aliphatic carbocycles. The smallest absolute Gasteiger partial charge is 0.336 e. The molecule has 21 heavy (non-hydrogen) atoms. The van der Waals surface area contributed by atoms with Crippen molar-refractivity contribution in [1.82, 2.24) is 4.98 Å². The van der Waals surface area contributed by atoms with E-state index in [-0.39, 0.29) is 11.1 Å². The standard InChI is InChI=1S/C14H11BrN2O4/c1-7-4-12(18)10(6-16-7)13(19)17-8-2-3-11(15)9(5-8)14(20)21/h2-6H,1H3,(H,16,18)(H,17,19)(H,20,21). The molecule has 6 nitrogen and oxygen atoms in total. The van der Waals surface area contributed by atoms with Crippen LogP contribution in [0, 0.1) is 6.92 Å². The highest BCUT2D eigenvalue weighted by molar-refractivity contribution is 9.10. The molecule has 0 aliphatic rings. The molecule has 0 bridgehead atoms. The summed E-state index contributed by atoms with van der Waals surface area (Å²) in [6.07, 6.45) is 1.32. The van der Waals surface area contributed by atoms with E-state index in [2.05, 4.69) is 26.2 Å². The van der Waals surface area contributed by atoms with E-state index in [4.69, 9.17) is 5.11 Å². The molecule has 0 unspecified atom stereocenters. The van der Waals surface area contributed by atoms with Crippen LogP contribution in [0.2, 0.25) is 0 Å². The number of halogens is 1. The maximum absolute atomic E-state index is 12.0. The van der Waals surface area contributed by atoms with Gasteiger partial charge >= 0.3 is 5.97 Å². The number of carboxylic acids is 1. The second kappa shape index (κ2) is 5.92. The van der Waals surface area contributed by atoms with Crippen LogP contribution < -0.4 is 10.7 Å². The van der Waals surface area contributed by atoms with Crippen molar-refractivity contribution in [2.24, 2.45) is 0 Å². The zero-order valence-electron chi connectivity index (χ0n) is 10.9. The van der Waals surface area contributed by atoms with Crippen molar-refractivity contribution in [2.75, 3.05) is 5.32 Å². The van der Waals surface area contributed by atoms with Gasteiger partial charge in [-0.1, -0.05) is 0 Å². The van der Waals surface area contributed by atoms with Crippen LogP contribution in [0.5, 0.6) is 0 Å². The normalized spacial score (nSPS) is 10.2. The molecule has 2 rings (SSSR count). The lowest BCUT2D eigenvalue weighted by atomic mass is 10.2. The number of aromatic carboxylic acids is 1. The Kier molecular flexibility index (Phi) is 4.23. The van der Waals surface area contributed by atoms with Gasteiger partial charge in [-0.3, -0.25) is 9.59 Å². The number of aromatic amines is 1. The van der Waals surface area contributed by atoms with Gasteiger partial charge in [0.05, 0.1) is 5.56 Å². The zero-order valence-corrected chi connectivity index (χ0v) is 12.5. The number of benzene rings is 1. The fourth-order valence-corrected chi connectivity index (χ4v) is 2.13. The molecule has 2 aromatic rings. The SMILES string of the molecule is Cc1cc(=O)c(C(=O)Nc2ccc(Br)c(C(=O)O)c2)c[nH]1. The highest BCUT2D eigenvalue weighted by atomic mass is 79.9. The number of carbonyl (C=O) groups excluding carboxylic acids is 1. The molecule has 0 fully saturated rings. The van der Waals surface area contributed by atoms with E-state index in [1.165, 1.54) is 30.5 Å². The number of hydrogen-bond donors (Lipinski definition) is 3. The summed E-state index contributed by atoms with van der Waals surface area (Å²) in [4.78, 5) is 37.5. The summed E-state index contributed by atoms with van der Waals surface area (Å²) in [5.74, 6) is -1.72. The summed E-state index contributed by atoms with van der Waals surface area (Å²) >= 11 is 3.11. The Morgan fingerprint density at radius 3 is 2.57 bits per heavy atom. The molecule has 0 atom stereocenters. The summed E-state index contributed by atoms with van der Waals surface area (Å²) in [7, 11) is 0. The lowest BCUT2D eigenvalue weighted by Gasteiger charge is -2.07. The maximum Gasteiger partial charge on any atom is 0.336 e. The van der Waals surface area contributed by atoms with E-state index in [9.17, 15) is 14.4 Å². The van der Waals surface area contributed by atoms with E-state index >= 15 is 0 Å². The van der Waals surface area contributed by atoms with Gasteiger partial charge in [-0.05, 0) is 41.1 Å². The number of aryl methyl sites for hydroxylation is 1. The third-order valence-corrected chi connectivity index (χ3v) is 3.45. The minimum atomic E-state index is -1.12. The lowest BCUT2D eigenvalue weighted by molar-refractivity contribution is 0.0695. The van der Waals surface area contributed by atoms with Crippen molar-refractivity contribution >= 4 is 33.5 Å². The van der Waals surface area contributed by atoms with Gasteiger partial charge in [0.15, 0.2) is 5.43 Å². The molecular weight excluding hydrogens is 340 g/mol. The van der Waals surface area contributed by atoms with Crippen LogP contribution in [-0.2, 0) is 0 Å². The average molecular weight is 351 g/mol. The van der Waals surface area contributed by atoms with Crippen molar-refractivity contribution in [3.8, 4) is 0 Å².